The topological polar surface area (TPSA) is 94.8 Å². The molecule has 0 spiro atoms. The molecule has 1 aromatic heterocycles. The molecular formula is C19H12O5S. The van der Waals surface area contributed by atoms with Crippen LogP contribution >= 0.6 is 11.3 Å². The number of phenolic OH excluding ortho intramolecular Hbond substituents is 2. The van der Waals surface area contributed by atoms with Crippen molar-refractivity contribution in [2.45, 2.75) is 6.10 Å². The fourth-order valence-corrected chi connectivity index (χ4v) is 3.78. The summed E-state index contributed by atoms with van der Waals surface area (Å²) in [6.07, 6.45) is -1.22. The molecule has 4 rings (SSSR count). The highest BCUT2D eigenvalue weighted by molar-refractivity contribution is 7.08. The third-order valence-corrected chi connectivity index (χ3v) is 5.03. The second kappa shape index (κ2) is 5.54. The number of ketones is 2. The number of rotatable bonds is 2. The molecule has 2 aromatic carbocycles. The molecule has 124 valence electrons. The Hall–Kier alpha value is -2.96. The molecular weight excluding hydrogens is 340 g/mol. The van der Waals surface area contributed by atoms with Crippen molar-refractivity contribution in [3.05, 3.63) is 80.5 Å². The number of carbonyl (C=O) groups is 2. The summed E-state index contributed by atoms with van der Waals surface area (Å²) in [7, 11) is 0. The summed E-state index contributed by atoms with van der Waals surface area (Å²) in [4.78, 5) is 25.4. The lowest BCUT2D eigenvalue weighted by Gasteiger charge is -2.22. The summed E-state index contributed by atoms with van der Waals surface area (Å²) in [6.45, 7) is 0. The molecule has 6 heteroatoms. The average Bonchev–Trinajstić information content (AvgIpc) is 3.15. The number of aliphatic hydroxyl groups is 1. The number of fused-ring (bicyclic) bond motifs is 2. The Morgan fingerprint density at radius 3 is 2.16 bits per heavy atom. The zero-order valence-electron chi connectivity index (χ0n) is 12.8. The van der Waals surface area contributed by atoms with Crippen molar-refractivity contribution in [2.24, 2.45) is 0 Å². The first-order chi connectivity index (χ1) is 12.0. The van der Waals surface area contributed by atoms with Gasteiger partial charge in [-0.15, -0.1) is 0 Å². The van der Waals surface area contributed by atoms with Crippen molar-refractivity contribution in [1.29, 1.82) is 0 Å². The summed E-state index contributed by atoms with van der Waals surface area (Å²) in [5.74, 6) is -2.02. The molecule has 1 aliphatic carbocycles. The van der Waals surface area contributed by atoms with E-state index in [1.165, 1.54) is 23.5 Å². The first-order valence-corrected chi connectivity index (χ1v) is 8.42. The van der Waals surface area contributed by atoms with Crippen molar-refractivity contribution < 1.29 is 24.9 Å². The number of benzene rings is 2. The molecule has 0 saturated heterocycles. The molecule has 0 saturated carbocycles. The summed E-state index contributed by atoms with van der Waals surface area (Å²) >= 11 is 1.37. The normalized spacial score (nSPS) is 14.1. The van der Waals surface area contributed by atoms with E-state index >= 15 is 0 Å². The van der Waals surface area contributed by atoms with Crippen LogP contribution in [0.25, 0.3) is 0 Å². The predicted molar refractivity (Wildman–Crippen MR) is 91.5 cm³/mol. The highest BCUT2D eigenvalue weighted by Gasteiger charge is 2.36. The molecule has 1 aliphatic rings. The molecule has 3 N–H and O–H groups in total. The van der Waals surface area contributed by atoms with Crippen LogP contribution in [-0.2, 0) is 0 Å². The Morgan fingerprint density at radius 2 is 1.56 bits per heavy atom. The molecule has 1 atom stereocenters. The molecule has 1 heterocycles. The van der Waals surface area contributed by atoms with Crippen LogP contribution in [0.4, 0.5) is 0 Å². The second-order valence-corrected chi connectivity index (χ2v) is 6.53. The van der Waals surface area contributed by atoms with E-state index in [1.54, 1.807) is 29.0 Å². The number of hydrogen-bond donors (Lipinski definition) is 3. The summed E-state index contributed by atoms with van der Waals surface area (Å²) < 4.78 is 0. The van der Waals surface area contributed by atoms with Gasteiger partial charge in [0.05, 0.1) is 11.1 Å². The third kappa shape index (κ3) is 2.19. The number of phenols is 2. The zero-order chi connectivity index (χ0) is 17.7. The Bertz CT molecular complexity index is 1020. The van der Waals surface area contributed by atoms with Gasteiger partial charge in [-0.2, -0.15) is 11.3 Å². The summed E-state index contributed by atoms with van der Waals surface area (Å²) in [5.41, 5.74) is 0.345. The van der Waals surface area contributed by atoms with Crippen molar-refractivity contribution >= 4 is 22.9 Å². The van der Waals surface area contributed by atoms with E-state index in [2.05, 4.69) is 0 Å². The number of thiophene rings is 1. The minimum atomic E-state index is -1.22. The van der Waals surface area contributed by atoms with Crippen LogP contribution in [0.1, 0.15) is 49.1 Å². The van der Waals surface area contributed by atoms with Crippen LogP contribution in [-0.4, -0.2) is 26.9 Å². The van der Waals surface area contributed by atoms with Crippen molar-refractivity contribution in [1.82, 2.24) is 0 Å². The van der Waals surface area contributed by atoms with E-state index in [4.69, 9.17) is 0 Å². The monoisotopic (exact) mass is 352 g/mol. The SMILES string of the molecule is O=C1c2ccccc2C(=O)c2c(O)c(C(O)c3ccsc3)cc(O)c21. The second-order valence-electron chi connectivity index (χ2n) is 5.75. The molecule has 0 fully saturated rings. The van der Waals surface area contributed by atoms with Gasteiger partial charge in [-0.3, -0.25) is 9.59 Å². The number of aliphatic hydroxyl groups excluding tert-OH is 1. The van der Waals surface area contributed by atoms with Crippen molar-refractivity contribution in [3.8, 4) is 11.5 Å². The van der Waals surface area contributed by atoms with Gasteiger partial charge in [-0.05, 0) is 28.5 Å². The number of carbonyl (C=O) groups excluding carboxylic acids is 2. The average molecular weight is 352 g/mol. The van der Waals surface area contributed by atoms with Crippen LogP contribution < -0.4 is 0 Å². The van der Waals surface area contributed by atoms with E-state index in [-0.39, 0.29) is 27.8 Å². The Morgan fingerprint density at radius 1 is 0.920 bits per heavy atom. The van der Waals surface area contributed by atoms with Gasteiger partial charge in [0.1, 0.15) is 17.6 Å². The summed E-state index contributed by atoms with van der Waals surface area (Å²) in [6, 6.07) is 9.06. The largest absolute Gasteiger partial charge is 0.507 e. The maximum absolute atomic E-state index is 12.8. The van der Waals surface area contributed by atoms with E-state index in [0.717, 1.165) is 6.07 Å². The Kier molecular flexibility index (Phi) is 3.45. The molecule has 0 amide bonds. The van der Waals surface area contributed by atoms with Crippen molar-refractivity contribution in [3.63, 3.8) is 0 Å². The number of hydrogen-bond acceptors (Lipinski definition) is 6. The van der Waals surface area contributed by atoms with E-state index in [9.17, 15) is 24.9 Å². The molecule has 5 nitrogen and oxygen atoms in total. The predicted octanol–water partition coefficient (Wildman–Crippen LogP) is 3.02. The van der Waals surface area contributed by atoms with Gasteiger partial charge in [0, 0.05) is 16.7 Å². The maximum Gasteiger partial charge on any atom is 0.198 e. The molecule has 25 heavy (non-hydrogen) atoms. The fraction of sp³-hybridized carbons (Fsp3) is 0.0526. The first kappa shape index (κ1) is 15.6. The smallest absolute Gasteiger partial charge is 0.198 e. The Balaban J connectivity index is 1.96. The minimum Gasteiger partial charge on any atom is -0.507 e. The van der Waals surface area contributed by atoms with Gasteiger partial charge in [0.15, 0.2) is 11.6 Å². The zero-order valence-corrected chi connectivity index (χ0v) is 13.6. The van der Waals surface area contributed by atoms with Gasteiger partial charge in [0.25, 0.3) is 0 Å². The standard InChI is InChI=1S/C19H12O5S/c20-13-7-12(16(21)9-5-6-25-8-9)19(24)15-14(13)17(22)10-3-1-2-4-11(10)18(15)23/h1-8,16,20-21,24H. The van der Waals surface area contributed by atoms with Crippen LogP contribution in [0.2, 0.25) is 0 Å². The minimum absolute atomic E-state index is 0.0184. The quantitative estimate of drug-likeness (QED) is 0.482. The van der Waals surface area contributed by atoms with Crippen LogP contribution in [0.5, 0.6) is 11.5 Å². The van der Waals surface area contributed by atoms with Crippen molar-refractivity contribution in [2.75, 3.05) is 0 Å². The van der Waals surface area contributed by atoms with Gasteiger partial charge >= 0.3 is 0 Å². The van der Waals surface area contributed by atoms with E-state index < -0.39 is 29.2 Å². The van der Waals surface area contributed by atoms with Gasteiger partial charge in [0.2, 0.25) is 0 Å². The lowest BCUT2D eigenvalue weighted by molar-refractivity contribution is 0.0973. The van der Waals surface area contributed by atoms with E-state index in [1.807, 2.05) is 0 Å². The molecule has 3 aromatic rings. The number of aromatic hydroxyl groups is 2. The van der Waals surface area contributed by atoms with E-state index in [0.29, 0.717) is 5.56 Å². The van der Waals surface area contributed by atoms with Crippen LogP contribution in [0.3, 0.4) is 0 Å². The van der Waals surface area contributed by atoms with Gasteiger partial charge in [-0.1, -0.05) is 24.3 Å². The third-order valence-electron chi connectivity index (χ3n) is 4.33. The molecule has 1 unspecified atom stereocenters. The molecule has 0 radical (unpaired) electrons. The highest BCUT2D eigenvalue weighted by atomic mass is 32.1. The lowest BCUT2D eigenvalue weighted by atomic mass is 9.81. The van der Waals surface area contributed by atoms with Crippen LogP contribution in [0, 0.1) is 0 Å². The van der Waals surface area contributed by atoms with Gasteiger partial charge in [-0.25, -0.2) is 0 Å². The molecule has 0 bridgehead atoms. The van der Waals surface area contributed by atoms with Crippen LogP contribution in [0.15, 0.2) is 47.2 Å². The fourth-order valence-electron chi connectivity index (χ4n) is 3.10. The lowest BCUT2D eigenvalue weighted by Crippen LogP contribution is -2.22. The first-order valence-electron chi connectivity index (χ1n) is 7.48. The maximum atomic E-state index is 12.8. The highest BCUT2D eigenvalue weighted by Crippen LogP contribution is 2.43. The molecule has 0 aliphatic heterocycles. The summed E-state index contributed by atoms with van der Waals surface area (Å²) in [5, 5.41) is 34.9. The van der Waals surface area contributed by atoms with Gasteiger partial charge < -0.3 is 15.3 Å². The Labute approximate surface area is 146 Å².